The summed E-state index contributed by atoms with van der Waals surface area (Å²) in [5.41, 5.74) is 8.50. The van der Waals surface area contributed by atoms with Gasteiger partial charge in [0.05, 0.1) is 35.6 Å². The molecule has 10 rings (SSSR count). The van der Waals surface area contributed by atoms with E-state index in [9.17, 15) is 0 Å². The fourth-order valence-corrected chi connectivity index (χ4v) is 7.20. The second-order valence-electron chi connectivity index (χ2n) is 15.4. The molecule has 4 heterocycles. The van der Waals surface area contributed by atoms with Gasteiger partial charge in [-0.2, -0.15) is 10.4 Å². The van der Waals surface area contributed by atoms with E-state index in [1.165, 1.54) is 22.3 Å². The van der Waals surface area contributed by atoms with E-state index >= 15 is 0 Å². The number of benzene rings is 6. The van der Waals surface area contributed by atoms with Gasteiger partial charge in [0.25, 0.3) is 0 Å². The molecule has 328 valence electrons. The molecule has 0 bridgehead atoms. The maximum absolute atomic E-state index is 6.02. The van der Waals surface area contributed by atoms with Gasteiger partial charge in [-0.1, -0.05) is 107 Å². The minimum absolute atomic E-state index is 0.429. The van der Waals surface area contributed by atoms with E-state index < -0.39 is 0 Å². The molecule has 0 saturated carbocycles. The number of rotatable bonds is 18. The minimum Gasteiger partial charge on any atom is -0.493 e. The molecule has 0 aliphatic rings. The molecule has 66 heavy (non-hydrogen) atoms. The number of H-pyrrole nitrogens is 2. The quantitative estimate of drug-likeness (QED) is 0.0839. The predicted octanol–water partition coefficient (Wildman–Crippen LogP) is 9.08. The molecule has 0 saturated heterocycles. The maximum atomic E-state index is 6.02. The van der Waals surface area contributed by atoms with E-state index in [0.29, 0.717) is 50.9 Å². The van der Waals surface area contributed by atoms with Crippen LogP contribution in [-0.2, 0) is 38.9 Å². The second kappa shape index (κ2) is 21.7. The Balaban J connectivity index is 0.000000166. The third-order valence-electron chi connectivity index (χ3n) is 10.5. The SMILES string of the molecule is c1cc(Cc2ccc(OCc3ccc4ccccc4n3)cc2)cc(OCCc2nn[nH]n2)c1.c1cc(Cc2cccc(OCc3ccc4ccccc4n3)c2)cc(OCCc2nn[nH]n2)c1. The first-order chi connectivity index (χ1) is 32.6. The molecule has 0 radical (unpaired) electrons. The van der Waals surface area contributed by atoms with Gasteiger partial charge >= 0.3 is 0 Å². The largest absolute Gasteiger partial charge is 0.493 e. The van der Waals surface area contributed by atoms with Crippen LogP contribution in [0.4, 0.5) is 0 Å². The normalized spacial score (nSPS) is 10.9. The summed E-state index contributed by atoms with van der Waals surface area (Å²) in [5, 5.41) is 30.0. The Morgan fingerprint density at radius 2 is 0.833 bits per heavy atom. The third kappa shape index (κ3) is 12.3. The van der Waals surface area contributed by atoms with Crippen molar-refractivity contribution in [3.8, 4) is 23.0 Å². The number of nitrogens with zero attached hydrogens (tertiary/aromatic N) is 8. The molecule has 6 aromatic carbocycles. The van der Waals surface area contributed by atoms with Crippen molar-refractivity contribution in [2.45, 2.75) is 38.9 Å². The van der Waals surface area contributed by atoms with Crippen molar-refractivity contribution in [3.63, 3.8) is 0 Å². The molecular formula is C52H46N10O4. The average molecular weight is 875 g/mol. The molecule has 0 aliphatic heterocycles. The number of aromatic amines is 2. The Morgan fingerprint density at radius 1 is 0.379 bits per heavy atom. The van der Waals surface area contributed by atoms with Gasteiger partial charge in [-0.3, -0.25) is 0 Å². The summed E-state index contributed by atoms with van der Waals surface area (Å²) in [4.78, 5) is 9.34. The van der Waals surface area contributed by atoms with Crippen LogP contribution in [0.2, 0.25) is 0 Å². The zero-order valence-electron chi connectivity index (χ0n) is 36.0. The first-order valence-corrected chi connectivity index (χ1v) is 21.6. The number of aromatic nitrogens is 10. The van der Waals surface area contributed by atoms with Crippen molar-refractivity contribution in [2.75, 3.05) is 13.2 Å². The average Bonchev–Trinajstić information content (AvgIpc) is 4.09. The van der Waals surface area contributed by atoms with Crippen LogP contribution in [0.15, 0.2) is 170 Å². The van der Waals surface area contributed by atoms with E-state index in [2.05, 4.69) is 124 Å². The summed E-state index contributed by atoms with van der Waals surface area (Å²) >= 11 is 0. The molecule has 0 aliphatic carbocycles. The van der Waals surface area contributed by atoms with Crippen LogP contribution >= 0.6 is 0 Å². The fraction of sp³-hybridized carbons (Fsp3) is 0.154. The Bertz CT molecular complexity index is 3080. The number of fused-ring (bicyclic) bond motifs is 2. The highest BCUT2D eigenvalue weighted by Gasteiger charge is 2.07. The van der Waals surface area contributed by atoms with Gasteiger partial charge in [0.15, 0.2) is 11.6 Å². The first-order valence-electron chi connectivity index (χ1n) is 21.6. The molecule has 4 aromatic heterocycles. The van der Waals surface area contributed by atoms with Crippen molar-refractivity contribution in [1.29, 1.82) is 0 Å². The lowest BCUT2D eigenvalue weighted by molar-refractivity contribution is 0.301. The summed E-state index contributed by atoms with van der Waals surface area (Å²) in [5.74, 6) is 4.60. The van der Waals surface area contributed by atoms with Gasteiger partial charge in [-0.15, -0.1) is 20.4 Å². The Hall–Kier alpha value is -8.52. The standard InChI is InChI=1S/2C26H23N5O2/c1-2-10-25-21(7-1)11-12-22(27-25)18-33-24-9-4-6-20(17-24)15-19-5-3-8-23(16-19)32-14-13-26-28-30-31-29-26;1-2-7-25-21(5-1)10-11-22(27-25)18-33-23-12-8-19(9-13-23)16-20-4-3-6-24(17-20)32-15-14-26-28-30-31-29-26/h1-12,16-17H,13-15,18H2,(H,28,29,30,31);1-13,17H,14-16,18H2,(H,28,29,30,31). The highest BCUT2D eigenvalue weighted by molar-refractivity contribution is 5.79. The van der Waals surface area contributed by atoms with Crippen LogP contribution in [0.3, 0.4) is 0 Å². The van der Waals surface area contributed by atoms with E-state index in [1.807, 2.05) is 97.1 Å². The smallest absolute Gasteiger partial charge is 0.177 e. The van der Waals surface area contributed by atoms with Crippen LogP contribution in [0.5, 0.6) is 23.0 Å². The number of para-hydroxylation sites is 2. The number of hydrogen-bond acceptors (Lipinski definition) is 12. The molecule has 2 N–H and O–H groups in total. The lowest BCUT2D eigenvalue weighted by atomic mass is 10.0. The van der Waals surface area contributed by atoms with Gasteiger partial charge in [0.1, 0.15) is 36.2 Å². The highest BCUT2D eigenvalue weighted by atomic mass is 16.5. The molecule has 0 amide bonds. The Kier molecular flexibility index (Phi) is 14.1. The molecule has 0 atom stereocenters. The van der Waals surface area contributed by atoms with Crippen molar-refractivity contribution < 1.29 is 18.9 Å². The van der Waals surface area contributed by atoms with E-state index in [0.717, 1.165) is 69.0 Å². The fourth-order valence-electron chi connectivity index (χ4n) is 7.20. The number of nitrogens with one attached hydrogen (secondary N) is 2. The van der Waals surface area contributed by atoms with Gasteiger partial charge < -0.3 is 18.9 Å². The van der Waals surface area contributed by atoms with Crippen LogP contribution in [0.1, 0.15) is 45.3 Å². The van der Waals surface area contributed by atoms with E-state index in [-0.39, 0.29) is 0 Å². The van der Waals surface area contributed by atoms with E-state index in [1.54, 1.807) is 0 Å². The van der Waals surface area contributed by atoms with Gasteiger partial charge in [-0.25, -0.2) is 9.97 Å². The summed E-state index contributed by atoms with van der Waals surface area (Å²) in [6.07, 6.45) is 2.81. The second-order valence-corrected chi connectivity index (χ2v) is 15.4. The summed E-state index contributed by atoms with van der Waals surface area (Å²) in [6, 6.07) is 56.9. The Morgan fingerprint density at radius 3 is 1.32 bits per heavy atom. The monoisotopic (exact) mass is 874 g/mol. The molecule has 0 unspecified atom stereocenters. The van der Waals surface area contributed by atoms with Gasteiger partial charge in [0, 0.05) is 23.6 Å². The van der Waals surface area contributed by atoms with Crippen molar-refractivity contribution in [1.82, 2.24) is 51.2 Å². The molecule has 0 spiro atoms. The van der Waals surface area contributed by atoms with Crippen LogP contribution < -0.4 is 18.9 Å². The van der Waals surface area contributed by atoms with Gasteiger partial charge in [-0.05, 0) is 108 Å². The summed E-state index contributed by atoms with van der Waals surface area (Å²) in [6.45, 7) is 1.86. The number of tetrazole rings is 2. The molecule has 14 heteroatoms. The molecular weight excluding hydrogens is 829 g/mol. The summed E-state index contributed by atoms with van der Waals surface area (Å²) in [7, 11) is 0. The third-order valence-corrected chi connectivity index (χ3v) is 10.5. The lowest BCUT2D eigenvalue weighted by Crippen LogP contribution is -2.03. The number of ether oxygens (including phenoxy) is 4. The number of hydrogen-bond donors (Lipinski definition) is 2. The van der Waals surface area contributed by atoms with Crippen LogP contribution in [0.25, 0.3) is 21.8 Å². The van der Waals surface area contributed by atoms with Crippen LogP contribution in [0, 0.1) is 0 Å². The zero-order valence-corrected chi connectivity index (χ0v) is 36.0. The first kappa shape index (κ1) is 42.8. The highest BCUT2D eigenvalue weighted by Crippen LogP contribution is 2.23. The number of pyridine rings is 2. The molecule has 0 fully saturated rings. The van der Waals surface area contributed by atoms with Crippen molar-refractivity contribution in [3.05, 3.63) is 215 Å². The minimum atomic E-state index is 0.429. The van der Waals surface area contributed by atoms with Crippen molar-refractivity contribution >= 4 is 21.8 Å². The van der Waals surface area contributed by atoms with E-state index in [4.69, 9.17) is 18.9 Å². The maximum Gasteiger partial charge on any atom is 0.177 e. The van der Waals surface area contributed by atoms with Crippen LogP contribution in [-0.4, -0.2) is 64.4 Å². The van der Waals surface area contributed by atoms with Crippen molar-refractivity contribution in [2.24, 2.45) is 0 Å². The topological polar surface area (TPSA) is 172 Å². The zero-order chi connectivity index (χ0) is 44.6. The Labute approximate surface area is 381 Å². The lowest BCUT2D eigenvalue weighted by Gasteiger charge is -2.10. The molecule has 14 nitrogen and oxygen atoms in total. The predicted molar refractivity (Wildman–Crippen MR) is 250 cm³/mol. The summed E-state index contributed by atoms with van der Waals surface area (Å²) < 4.78 is 23.6. The molecule has 10 aromatic rings. The van der Waals surface area contributed by atoms with Gasteiger partial charge in [0.2, 0.25) is 0 Å².